The molecule has 3 rings (SSSR count). The highest BCUT2D eigenvalue weighted by atomic mass is 32.2. The summed E-state index contributed by atoms with van der Waals surface area (Å²) in [6.45, 7) is 5.34. The van der Waals surface area contributed by atoms with Gasteiger partial charge in [-0.2, -0.15) is 0 Å². The van der Waals surface area contributed by atoms with Gasteiger partial charge in [0.25, 0.3) is 0 Å². The van der Waals surface area contributed by atoms with Crippen molar-refractivity contribution in [1.82, 2.24) is 10.2 Å². The van der Waals surface area contributed by atoms with Crippen LogP contribution in [0.25, 0.3) is 0 Å². The molecule has 1 fully saturated rings. The molecule has 0 aliphatic heterocycles. The molecular weight excluding hydrogens is 502 g/mol. The van der Waals surface area contributed by atoms with Crippen LogP contribution in [0, 0.1) is 13.8 Å². The Morgan fingerprint density at radius 1 is 1.05 bits per heavy atom. The number of amides is 2. The van der Waals surface area contributed by atoms with Crippen LogP contribution in [0.2, 0.25) is 0 Å². The lowest BCUT2D eigenvalue weighted by molar-refractivity contribution is -0.140. The molecule has 0 aromatic heterocycles. The summed E-state index contributed by atoms with van der Waals surface area (Å²) in [4.78, 5) is 28.9. The van der Waals surface area contributed by atoms with E-state index in [1.54, 1.807) is 25.3 Å². The highest BCUT2D eigenvalue weighted by Gasteiger charge is 2.33. The first kappa shape index (κ1) is 29.5. The average molecular weight is 544 g/mol. The lowest BCUT2D eigenvalue weighted by atomic mass is 9.95. The highest BCUT2D eigenvalue weighted by Crippen LogP contribution is 2.25. The summed E-state index contributed by atoms with van der Waals surface area (Å²) >= 11 is 0. The molecule has 9 heteroatoms. The van der Waals surface area contributed by atoms with Gasteiger partial charge in [-0.15, -0.1) is 0 Å². The molecule has 0 radical (unpaired) electrons. The molecule has 0 saturated heterocycles. The van der Waals surface area contributed by atoms with E-state index in [2.05, 4.69) is 5.32 Å². The number of sulfonamides is 1. The van der Waals surface area contributed by atoms with Gasteiger partial charge in [0.1, 0.15) is 18.3 Å². The van der Waals surface area contributed by atoms with E-state index in [1.165, 1.54) is 11.3 Å². The number of methoxy groups -OCH3 is 1. The molecule has 1 unspecified atom stereocenters. The Labute approximate surface area is 227 Å². The third-order valence-electron chi connectivity index (χ3n) is 7.16. The van der Waals surface area contributed by atoms with Gasteiger partial charge in [0, 0.05) is 12.6 Å². The molecule has 1 aliphatic carbocycles. The van der Waals surface area contributed by atoms with Gasteiger partial charge in [-0.05, 0) is 68.0 Å². The molecule has 38 heavy (non-hydrogen) atoms. The summed E-state index contributed by atoms with van der Waals surface area (Å²) in [7, 11) is -2.19. The molecule has 0 bridgehead atoms. The number of anilines is 1. The molecule has 1 saturated carbocycles. The van der Waals surface area contributed by atoms with Crippen LogP contribution in [-0.4, -0.2) is 57.1 Å². The number of benzene rings is 2. The summed E-state index contributed by atoms with van der Waals surface area (Å²) in [5.41, 5.74) is 2.92. The Morgan fingerprint density at radius 2 is 1.71 bits per heavy atom. The van der Waals surface area contributed by atoms with Crippen LogP contribution >= 0.6 is 0 Å². The first-order valence-electron chi connectivity index (χ1n) is 13.3. The van der Waals surface area contributed by atoms with Crippen LogP contribution in [0.1, 0.15) is 62.1 Å². The number of ether oxygens (including phenoxy) is 1. The van der Waals surface area contributed by atoms with E-state index < -0.39 is 28.5 Å². The van der Waals surface area contributed by atoms with Gasteiger partial charge in [0.2, 0.25) is 21.8 Å². The third-order valence-corrected chi connectivity index (χ3v) is 8.29. The zero-order chi connectivity index (χ0) is 27.9. The van der Waals surface area contributed by atoms with Crippen LogP contribution in [0.15, 0.2) is 42.5 Å². The quantitative estimate of drug-likeness (QED) is 0.455. The van der Waals surface area contributed by atoms with Crippen molar-refractivity contribution in [1.29, 1.82) is 0 Å². The fraction of sp³-hybridized carbons (Fsp3) is 0.517. The van der Waals surface area contributed by atoms with Gasteiger partial charge in [0.15, 0.2) is 0 Å². The molecule has 2 aromatic rings. The minimum absolute atomic E-state index is 0.103. The van der Waals surface area contributed by atoms with Crippen molar-refractivity contribution in [2.75, 3.05) is 24.2 Å². The lowest BCUT2D eigenvalue weighted by Crippen LogP contribution is -2.54. The van der Waals surface area contributed by atoms with Crippen molar-refractivity contribution in [3.63, 3.8) is 0 Å². The average Bonchev–Trinajstić information content (AvgIpc) is 2.89. The van der Waals surface area contributed by atoms with Gasteiger partial charge < -0.3 is 15.0 Å². The van der Waals surface area contributed by atoms with Gasteiger partial charge in [0.05, 0.1) is 19.1 Å². The van der Waals surface area contributed by atoms with Crippen LogP contribution in [-0.2, 0) is 26.2 Å². The smallest absolute Gasteiger partial charge is 0.244 e. The molecule has 1 aliphatic rings. The van der Waals surface area contributed by atoms with E-state index in [0.717, 1.165) is 52.9 Å². The first-order chi connectivity index (χ1) is 18.0. The predicted octanol–water partition coefficient (Wildman–Crippen LogP) is 4.33. The normalized spacial score (nSPS) is 15.0. The van der Waals surface area contributed by atoms with Crippen molar-refractivity contribution in [3.8, 4) is 5.75 Å². The predicted molar refractivity (Wildman–Crippen MR) is 151 cm³/mol. The molecule has 8 nitrogen and oxygen atoms in total. The zero-order valence-electron chi connectivity index (χ0n) is 23.2. The zero-order valence-corrected chi connectivity index (χ0v) is 24.0. The highest BCUT2D eigenvalue weighted by molar-refractivity contribution is 7.92. The Hall–Kier alpha value is -3.07. The van der Waals surface area contributed by atoms with Gasteiger partial charge in [-0.25, -0.2) is 8.42 Å². The maximum Gasteiger partial charge on any atom is 0.244 e. The first-order valence-corrected chi connectivity index (χ1v) is 15.2. The van der Waals surface area contributed by atoms with Crippen LogP contribution in [0.4, 0.5) is 5.69 Å². The molecule has 0 spiro atoms. The van der Waals surface area contributed by atoms with E-state index in [0.29, 0.717) is 17.9 Å². The molecule has 1 N–H and O–H groups in total. The van der Waals surface area contributed by atoms with Crippen molar-refractivity contribution in [3.05, 3.63) is 59.2 Å². The largest absolute Gasteiger partial charge is 0.497 e. The maximum atomic E-state index is 13.9. The van der Waals surface area contributed by atoms with E-state index in [1.807, 2.05) is 45.0 Å². The van der Waals surface area contributed by atoms with Crippen molar-refractivity contribution in [2.24, 2.45) is 0 Å². The number of nitrogens with one attached hydrogen (secondary N) is 1. The third kappa shape index (κ3) is 7.72. The minimum Gasteiger partial charge on any atom is -0.497 e. The number of carbonyl (C=O) groups excluding carboxylic acids is 2. The number of rotatable bonds is 11. The van der Waals surface area contributed by atoms with E-state index in [-0.39, 0.29) is 18.5 Å². The summed E-state index contributed by atoms with van der Waals surface area (Å²) in [6, 6.07) is 12.2. The van der Waals surface area contributed by atoms with Gasteiger partial charge in [-0.3, -0.25) is 13.9 Å². The maximum absolute atomic E-state index is 13.9. The molecule has 2 amide bonds. The van der Waals surface area contributed by atoms with Crippen LogP contribution < -0.4 is 14.4 Å². The second kappa shape index (κ2) is 13.1. The Kier molecular flexibility index (Phi) is 10.2. The molecule has 0 heterocycles. The molecule has 2 aromatic carbocycles. The standard InChI is InChI=1S/C29H41N3O5S/c1-6-26(29(34)30-24-10-8-7-9-11-24)31(19-23-14-16-25(37-4)17-15-23)28(33)20-32(38(5,35)36)27-18-21(2)12-13-22(27)3/h12-18,24,26H,6-11,19-20H2,1-5H3,(H,30,34). The Morgan fingerprint density at radius 3 is 2.29 bits per heavy atom. The summed E-state index contributed by atoms with van der Waals surface area (Å²) in [5, 5.41) is 3.16. The van der Waals surface area contributed by atoms with Crippen LogP contribution in [0.3, 0.4) is 0 Å². The molecule has 1 atom stereocenters. The molecular formula is C29H41N3O5S. The SMILES string of the molecule is CCC(C(=O)NC1CCCCC1)N(Cc1ccc(OC)cc1)C(=O)CN(c1cc(C)ccc1C)S(C)(=O)=O. The van der Waals surface area contributed by atoms with Gasteiger partial charge in [-0.1, -0.05) is 50.5 Å². The fourth-order valence-electron chi connectivity index (χ4n) is 4.97. The number of aryl methyl sites for hydroxylation is 2. The number of hydrogen-bond donors (Lipinski definition) is 1. The summed E-state index contributed by atoms with van der Waals surface area (Å²) in [5.74, 6) is 0.0589. The van der Waals surface area contributed by atoms with Gasteiger partial charge >= 0.3 is 0 Å². The fourth-order valence-corrected chi connectivity index (χ4v) is 5.87. The topological polar surface area (TPSA) is 96.0 Å². The van der Waals surface area contributed by atoms with Crippen molar-refractivity contribution < 1.29 is 22.7 Å². The van der Waals surface area contributed by atoms with Crippen molar-refractivity contribution >= 4 is 27.5 Å². The van der Waals surface area contributed by atoms with Crippen molar-refractivity contribution in [2.45, 2.75) is 77.9 Å². The van der Waals surface area contributed by atoms with Crippen LogP contribution in [0.5, 0.6) is 5.75 Å². The molecule has 208 valence electrons. The minimum atomic E-state index is -3.77. The van der Waals surface area contributed by atoms with E-state index >= 15 is 0 Å². The lowest BCUT2D eigenvalue weighted by Gasteiger charge is -2.34. The number of hydrogen-bond acceptors (Lipinski definition) is 5. The second-order valence-corrected chi connectivity index (χ2v) is 12.1. The number of carbonyl (C=O) groups is 2. The second-order valence-electron chi connectivity index (χ2n) is 10.2. The Bertz CT molecular complexity index is 1210. The monoisotopic (exact) mass is 543 g/mol. The van der Waals surface area contributed by atoms with E-state index in [9.17, 15) is 18.0 Å². The number of nitrogens with zero attached hydrogens (tertiary/aromatic N) is 2. The Balaban J connectivity index is 1.94. The van der Waals surface area contributed by atoms with E-state index in [4.69, 9.17) is 4.74 Å². The summed E-state index contributed by atoms with van der Waals surface area (Å²) < 4.78 is 32.2. The summed E-state index contributed by atoms with van der Waals surface area (Å²) in [6.07, 6.45) is 6.70.